The Hall–Kier alpha value is 0.430. The maximum Gasteiger partial charge on any atom is -0.0287 e. The van der Waals surface area contributed by atoms with E-state index in [-0.39, 0.29) is 0 Å². The van der Waals surface area contributed by atoms with Crippen LogP contribution in [0.25, 0.3) is 0 Å². The topological polar surface area (TPSA) is 0 Å². The predicted molar refractivity (Wildman–Crippen MR) is 55.7 cm³/mol. The average Bonchev–Trinajstić information content (AvgIpc) is 2.03. The molecule has 0 aromatic heterocycles. The Bertz CT molecular complexity index is 53.9. The van der Waals surface area contributed by atoms with Gasteiger partial charge < -0.3 is 0 Å². The number of rotatable bonds is 8. The van der Waals surface area contributed by atoms with Crippen LogP contribution in [0.3, 0.4) is 0 Å². The van der Waals surface area contributed by atoms with Crippen molar-refractivity contribution in [3.63, 3.8) is 0 Å². The molecular formula is C10H22P. The zero-order chi connectivity index (χ0) is 8.36. The van der Waals surface area contributed by atoms with Crippen LogP contribution in [0.5, 0.6) is 0 Å². The van der Waals surface area contributed by atoms with E-state index >= 15 is 0 Å². The molecule has 0 aliphatic heterocycles. The molecule has 0 saturated carbocycles. The lowest BCUT2D eigenvalue weighted by molar-refractivity contribution is 0.626. The Morgan fingerprint density at radius 3 is 2.09 bits per heavy atom. The van der Waals surface area contributed by atoms with Gasteiger partial charge in [0.1, 0.15) is 0 Å². The first-order chi connectivity index (χ1) is 5.41. The smallest absolute Gasteiger partial charge is 0.0287 e. The highest BCUT2D eigenvalue weighted by Gasteiger charge is 1.89. The second-order valence-corrected chi connectivity index (χ2v) is 4.56. The molecule has 0 amide bonds. The largest absolute Gasteiger partial charge is 0.0813 e. The molecule has 0 fully saturated rings. The third kappa shape index (κ3) is 10.4. The SMILES string of the molecule is CCCCCCCC[P]CC. The second-order valence-electron chi connectivity index (χ2n) is 3.03. The lowest BCUT2D eigenvalue weighted by Crippen LogP contribution is -1.80. The van der Waals surface area contributed by atoms with Crippen molar-refractivity contribution in [3.05, 3.63) is 0 Å². The minimum absolute atomic E-state index is 1.34. The average molecular weight is 173 g/mol. The van der Waals surface area contributed by atoms with E-state index in [1.807, 2.05) is 0 Å². The van der Waals surface area contributed by atoms with E-state index in [0.717, 1.165) is 0 Å². The van der Waals surface area contributed by atoms with Crippen LogP contribution >= 0.6 is 8.58 Å². The number of hydrogen-bond donors (Lipinski definition) is 0. The summed E-state index contributed by atoms with van der Waals surface area (Å²) in [4.78, 5) is 0. The summed E-state index contributed by atoms with van der Waals surface area (Å²) < 4.78 is 0. The summed E-state index contributed by atoms with van der Waals surface area (Å²) in [5.74, 6) is 0. The molecule has 1 radical (unpaired) electrons. The highest BCUT2D eigenvalue weighted by atomic mass is 31.1. The second kappa shape index (κ2) is 10.4. The van der Waals surface area contributed by atoms with Gasteiger partial charge in [0, 0.05) is 0 Å². The van der Waals surface area contributed by atoms with E-state index < -0.39 is 0 Å². The summed E-state index contributed by atoms with van der Waals surface area (Å²) in [6.07, 6.45) is 11.4. The molecular weight excluding hydrogens is 151 g/mol. The van der Waals surface area contributed by atoms with E-state index in [9.17, 15) is 0 Å². The minimum Gasteiger partial charge on any atom is -0.0813 e. The van der Waals surface area contributed by atoms with Gasteiger partial charge in [-0.2, -0.15) is 0 Å². The van der Waals surface area contributed by atoms with Gasteiger partial charge in [-0.25, -0.2) is 0 Å². The summed E-state index contributed by atoms with van der Waals surface area (Å²) in [6, 6.07) is 0. The first-order valence-electron chi connectivity index (χ1n) is 5.05. The van der Waals surface area contributed by atoms with Crippen LogP contribution in [0.2, 0.25) is 0 Å². The lowest BCUT2D eigenvalue weighted by atomic mass is 10.1. The fourth-order valence-electron chi connectivity index (χ4n) is 1.16. The highest BCUT2D eigenvalue weighted by molar-refractivity contribution is 7.37. The highest BCUT2D eigenvalue weighted by Crippen LogP contribution is 2.13. The van der Waals surface area contributed by atoms with Crippen LogP contribution < -0.4 is 0 Å². The summed E-state index contributed by atoms with van der Waals surface area (Å²) in [5.41, 5.74) is 0. The lowest BCUT2D eigenvalue weighted by Gasteiger charge is -1.98. The fourth-order valence-corrected chi connectivity index (χ4v) is 1.93. The molecule has 0 saturated heterocycles. The van der Waals surface area contributed by atoms with Crippen LogP contribution in [0.15, 0.2) is 0 Å². The first-order valence-corrected chi connectivity index (χ1v) is 6.31. The Kier molecular flexibility index (Phi) is 10.8. The van der Waals surface area contributed by atoms with Gasteiger partial charge >= 0.3 is 0 Å². The molecule has 0 nitrogen and oxygen atoms in total. The summed E-state index contributed by atoms with van der Waals surface area (Å²) in [5, 5.41) is 0. The molecule has 0 N–H and O–H groups in total. The van der Waals surface area contributed by atoms with Crippen molar-refractivity contribution < 1.29 is 0 Å². The monoisotopic (exact) mass is 173 g/mol. The predicted octanol–water partition coefficient (Wildman–Crippen LogP) is 4.31. The van der Waals surface area contributed by atoms with Crippen molar-refractivity contribution in [2.45, 2.75) is 52.4 Å². The zero-order valence-electron chi connectivity index (χ0n) is 8.10. The third-order valence-electron chi connectivity index (χ3n) is 1.89. The van der Waals surface area contributed by atoms with Gasteiger partial charge in [-0.1, -0.05) is 54.5 Å². The van der Waals surface area contributed by atoms with E-state index in [1.165, 1.54) is 50.8 Å². The van der Waals surface area contributed by atoms with Crippen molar-refractivity contribution in [1.82, 2.24) is 0 Å². The summed E-state index contributed by atoms with van der Waals surface area (Å²) in [6.45, 7) is 4.54. The van der Waals surface area contributed by atoms with Crippen molar-refractivity contribution >= 4 is 8.58 Å². The minimum atomic E-state index is 1.34. The van der Waals surface area contributed by atoms with Crippen LogP contribution in [0, 0.1) is 0 Å². The van der Waals surface area contributed by atoms with Gasteiger partial charge in [-0.3, -0.25) is 0 Å². The Balaban J connectivity index is 2.69. The molecule has 0 bridgehead atoms. The molecule has 0 aromatic rings. The van der Waals surface area contributed by atoms with E-state index in [1.54, 1.807) is 8.58 Å². The summed E-state index contributed by atoms with van der Waals surface area (Å²) >= 11 is 0. The van der Waals surface area contributed by atoms with E-state index in [0.29, 0.717) is 0 Å². The molecule has 67 valence electrons. The Labute approximate surface area is 73.9 Å². The van der Waals surface area contributed by atoms with Gasteiger partial charge in [0.25, 0.3) is 0 Å². The van der Waals surface area contributed by atoms with Gasteiger partial charge in [0.05, 0.1) is 0 Å². The normalized spacial score (nSPS) is 11.5. The van der Waals surface area contributed by atoms with E-state index in [4.69, 9.17) is 0 Å². The zero-order valence-corrected chi connectivity index (χ0v) is 9.00. The van der Waals surface area contributed by atoms with Gasteiger partial charge in [0.2, 0.25) is 0 Å². The van der Waals surface area contributed by atoms with E-state index in [2.05, 4.69) is 13.8 Å². The van der Waals surface area contributed by atoms with Crippen molar-refractivity contribution in [2.24, 2.45) is 0 Å². The van der Waals surface area contributed by atoms with Crippen LogP contribution in [0.4, 0.5) is 0 Å². The van der Waals surface area contributed by atoms with Gasteiger partial charge in [0.15, 0.2) is 0 Å². The van der Waals surface area contributed by atoms with Gasteiger partial charge in [-0.05, 0) is 18.7 Å². The molecule has 0 rings (SSSR count). The molecule has 0 heterocycles. The van der Waals surface area contributed by atoms with Gasteiger partial charge in [-0.15, -0.1) is 0 Å². The third-order valence-corrected chi connectivity index (χ3v) is 2.97. The van der Waals surface area contributed by atoms with Crippen LogP contribution in [-0.2, 0) is 0 Å². The molecule has 0 aromatic carbocycles. The molecule has 0 atom stereocenters. The number of hydrogen-bond acceptors (Lipinski definition) is 0. The quantitative estimate of drug-likeness (QED) is 0.379. The Morgan fingerprint density at radius 1 is 0.818 bits per heavy atom. The summed E-state index contributed by atoms with van der Waals surface area (Å²) in [7, 11) is 1.65. The first kappa shape index (κ1) is 11.4. The van der Waals surface area contributed by atoms with Crippen molar-refractivity contribution in [3.8, 4) is 0 Å². The van der Waals surface area contributed by atoms with Crippen molar-refractivity contribution in [2.75, 3.05) is 12.3 Å². The maximum atomic E-state index is 2.27. The molecule has 0 aliphatic rings. The standard InChI is InChI=1S/C10H22P/c1-3-5-6-7-8-9-10-11-4-2/h3-10H2,1-2H3. The molecule has 0 unspecified atom stereocenters. The van der Waals surface area contributed by atoms with Crippen molar-refractivity contribution in [1.29, 1.82) is 0 Å². The molecule has 11 heavy (non-hydrogen) atoms. The number of unbranched alkanes of at least 4 members (excludes halogenated alkanes) is 5. The molecule has 0 aliphatic carbocycles. The maximum absolute atomic E-state index is 2.27. The Morgan fingerprint density at radius 2 is 1.45 bits per heavy atom. The molecule has 1 heteroatoms. The van der Waals surface area contributed by atoms with Crippen LogP contribution in [0.1, 0.15) is 52.4 Å². The molecule has 0 spiro atoms. The van der Waals surface area contributed by atoms with Crippen LogP contribution in [-0.4, -0.2) is 12.3 Å². The fraction of sp³-hybridized carbons (Fsp3) is 1.00.